The van der Waals surface area contributed by atoms with Crippen LogP contribution in [-0.2, 0) is 0 Å². The first-order valence-electron chi connectivity index (χ1n) is 6.24. The van der Waals surface area contributed by atoms with Crippen molar-refractivity contribution in [3.05, 3.63) is 23.4 Å². The fraction of sp³-hybridized carbons (Fsp3) is 0.538. The minimum absolute atomic E-state index is 0.252. The lowest BCUT2D eigenvalue weighted by molar-refractivity contribution is 0.263. The number of aryl methyl sites for hydroxylation is 1. The second kappa shape index (κ2) is 5.63. The lowest BCUT2D eigenvalue weighted by Crippen LogP contribution is -2.25. The molecule has 1 saturated heterocycles. The summed E-state index contributed by atoms with van der Waals surface area (Å²) >= 11 is 5.12. The Morgan fingerprint density at radius 2 is 2.44 bits per heavy atom. The summed E-state index contributed by atoms with van der Waals surface area (Å²) in [4.78, 5) is 7.06. The molecule has 1 atom stereocenters. The van der Waals surface area contributed by atoms with Crippen molar-refractivity contribution in [3.63, 3.8) is 0 Å². The van der Waals surface area contributed by atoms with Gasteiger partial charge in [0.25, 0.3) is 0 Å². The highest BCUT2D eigenvalue weighted by atomic mass is 32.1. The monoisotopic (exact) mass is 265 g/mol. The Morgan fingerprint density at radius 3 is 3.11 bits per heavy atom. The zero-order valence-corrected chi connectivity index (χ0v) is 11.4. The van der Waals surface area contributed by atoms with Crippen molar-refractivity contribution >= 4 is 23.0 Å². The van der Waals surface area contributed by atoms with Gasteiger partial charge in [0.05, 0.1) is 5.56 Å². The first-order valence-corrected chi connectivity index (χ1v) is 6.65. The fourth-order valence-electron chi connectivity index (χ4n) is 2.53. The summed E-state index contributed by atoms with van der Waals surface area (Å²) in [5.74, 6) is 1.43. The van der Waals surface area contributed by atoms with Gasteiger partial charge in [-0.3, -0.25) is 0 Å². The van der Waals surface area contributed by atoms with Crippen molar-refractivity contribution in [3.8, 4) is 0 Å². The Morgan fingerprint density at radius 1 is 1.67 bits per heavy atom. The molecule has 4 nitrogen and oxygen atoms in total. The maximum atomic E-state index is 9.00. The zero-order chi connectivity index (χ0) is 13.1. The molecule has 1 aliphatic rings. The molecule has 5 heteroatoms. The first-order chi connectivity index (χ1) is 8.63. The Labute approximate surface area is 113 Å². The number of thiocarbonyl (C=S) groups is 1. The number of nitrogens with zero attached hydrogens (tertiary/aromatic N) is 2. The molecule has 3 N–H and O–H groups in total. The third kappa shape index (κ3) is 2.62. The van der Waals surface area contributed by atoms with Gasteiger partial charge in [-0.2, -0.15) is 0 Å². The lowest BCUT2D eigenvalue weighted by atomic mass is 10.1. The van der Waals surface area contributed by atoms with Gasteiger partial charge in [0, 0.05) is 25.9 Å². The summed E-state index contributed by atoms with van der Waals surface area (Å²) < 4.78 is 0. The van der Waals surface area contributed by atoms with E-state index in [0.29, 0.717) is 10.9 Å². The summed E-state index contributed by atoms with van der Waals surface area (Å²) in [6.45, 7) is 4.13. The molecule has 0 spiro atoms. The highest BCUT2D eigenvalue weighted by Gasteiger charge is 2.25. The third-order valence-corrected chi connectivity index (χ3v) is 3.71. The molecule has 0 radical (unpaired) electrons. The van der Waals surface area contributed by atoms with E-state index in [4.69, 9.17) is 23.1 Å². The fourth-order valence-corrected chi connectivity index (χ4v) is 2.78. The van der Waals surface area contributed by atoms with Crippen LogP contribution < -0.4 is 10.6 Å². The number of nitrogens with two attached hydrogens (primary N) is 1. The van der Waals surface area contributed by atoms with Crippen LogP contribution in [-0.4, -0.2) is 34.8 Å². The molecule has 2 rings (SSSR count). The molecule has 1 aromatic rings. The quantitative estimate of drug-likeness (QED) is 0.802. The molecule has 0 bridgehead atoms. The molecular weight excluding hydrogens is 246 g/mol. The maximum absolute atomic E-state index is 9.00. The van der Waals surface area contributed by atoms with Gasteiger partial charge >= 0.3 is 0 Å². The molecule has 1 aliphatic heterocycles. The molecule has 1 aromatic heterocycles. The standard InChI is InChI=1S/C13H19N3OS/c1-9-2-5-15-13(11(9)12(14)18)16-6-3-10(8-16)4-7-17/h2,5,10,17H,3-4,6-8H2,1H3,(H2,14,18). The summed E-state index contributed by atoms with van der Waals surface area (Å²) in [7, 11) is 0. The van der Waals surface area contributed by atoms with Crippen LogP contribution in [0.5, 0.6) is 0 Å². The van der Waals surface area contributed by atoms with Gasteiger partial charge in [-0.05, 0) is 37.3 Å². The average Bonchev–Trinajstić information content (AvgIpc) is 2.77. The van der Waals surface area contributed by atoms with E-state index in [0.717, 1.165) is 42.9 Å². The molecule has 0 aliphatic carbocycles. The van der Waals surface area contributed by atoms with Crippen LogP contribution in [0.4, 0.5) is 5.82 Å². The molecular formula is C13H19N3OS. The van der Waals surface area contributed by atoms with Gasteiger partial charge < -0.3 is 15.7 Å². The second-order valence-electron chi connectivity index (χ2n) is 4.80. The number of aliphatic hydroxyl groups excluding tert-OH is 1. The van der Waals surface area contributed by atoms with E-state index in [-0.39, 0.29) is 6.61 Å². The van der Waals surface area contributed by atoms with E-state index in [1.807, 2.05) is 13.0 Å². The van der Waals surface area contributed by atoms with E-state index in [1.54, 1.807) is 6.20 Å². The van der Waals surface area contributed by atoms with Gasteiger partial charge in [-0.15, -0.1) is 0 Å². The van der Waals surface area contributed by atoms with Crippen molar-refractivity contribution < 1.29 is 5.11 Å². The van der Waals surface area contributed by atoms with Crippen molar-refractivity contribution in [2.45, 2.75) is 19.8 Å². The number of aromatic nitrogens is 1. The van der Waals surface area contributed by atoms with E-state index >= 15 is 0 Å². The van der Waals surface area contributed by atoms with Crippen molar-refractivity contribution in [2.75, 3.05) is 24.6 Å². The van der Waals surface area contributed by atoms with Crippen molar-refractivity contribution in [1.82, 2.24) is 4.98 Å². The largest absolute Gasteiger partial charge is 0.396 e. The van der Waals surface area contributed by atoms with Gasteiger partial charge in [-0.25, -0.2) is 4.98 Å². The van der Waals surface area contributed by atoms with E-state index in [2.05, 4.69) is 9.88 Å². The Hall–Kier alpha value is -1.20. The number of hydrogen-bond acceptors (Lipinski definition) is 4. The van der Waals surface area contributed by atoms with Crippen molar-refractivity contribution in [2.24, 2.45) is 11.7 Å². The van der Waals surface area contributed by atoms with Crippen molar-refractivity contribution in [1.29, 1.82) is 0 Å². The van der Waals surface area contributed by atoms with Crippen LogP contribution in [0.25, 0.3) is 0 Å². The zero-order valence-electron chi connectivity index (χ0n) is 10.6. The summed E-state index contributed by atoms with van der Waals surface area (Å²) in [6.07, 6.45) is 3.74. The van der Waals surface area contributed by atoms with E-state index < -0.39 is 0 Å². The number of pyridine rings is 1. The van der Waals surface area contributed by atoms with Crippen LogP contribution in [0.1, 0.15) is 24.0 Å². The van der Waals surface area contributed by atoms with Crippen LogP contribution in [0, 0.1) is 12.8 Å². The van der Waals surface area contributed by atoms with Gasteiger partial charge in [-0.1, -0.05) is 12.2 Å². The highest BCUT2D eigenvalue weighted by molar-refractivity contribution is 7.80. The number of anilines is 1. The van der Waals surface area contributed by atoms with E-state index in [1.165, 1.54) is 0 Å². The van der Waals surface area contributed by atoms with Gasteiger partial charge in [0.1, 0.15) is 10.8 Å². The first kappa shape index (κ1) is 13.2. The molecule has 0 amide bonds. The van der Waals surface area contributed by atoms with Gasteiger partial charge in [0.15, 0.2) is 0 Å². The molecule has 2 heterocycles. The van der Waals surface area contributed by atoms with Crippen LogP contribution >= 0.6 is 12.2 Å². The smallest absolute Gasteiger partial charge is 0.139 e. The van der Waals surface area contributed by atoms with Gasteiger partial charge in [0.2, 0.25) is 0 Å². The second-order valence-corrected chi connectivity index (χ2v) is 5.24. The van der Waals surface area contributed by atoms with Crippen LogP contribution in [0.3, 0.4) is 0 Å². The predicted molar refractivity (Wildman–Crippen MR) is 76.9 cm³/mol. The van der Waals surface area contributed by atoms with Crippen LogP contribution in [0.2, 0.25) is 0 Å². The summed E-state index contributed by atoms with van der Waals surface area (Å²) in [5, 5.41) is 9.00. The van der Waals surface area contributed by atoms with E-state index in [9.17, 15) is 0 Å². The molecule has 0 aromatic carbocycles. The predicted octanol–water partition coefficient (Wildman–Crippen LogP) is 1.23. The number of rotatable bonds is 4. The summed E-state index contributed by atoms with van der Waals surface area (Å²) in [5.41, 5.74) is 7.76. The van der Waals surface area contributed by atoms with Crippen LogP contribution in [0.15, 0.2) is 12.3 Å². The molecule has 1 unspecified atom stereocenters. The average molecular weight is 265 g/mol. The normalized spacial score (nSPS) is 19.2. The molecule has 1 fully saturated rings. The molecule has 0 saturated carbocycles. The Kier molecular flexibility index (Phi) is 4.14. The minimum Gasteiger partial charge on any atom is -0.396 e. The molecule has 98 valence electrons. The lowest BCUT2D eigenvalue weighted by Gasteiger charge is -2.21. The summed E-state index contributed by atoms with van der Waals surface area (Å²) in [6, 6.07) is 1.93. The Balaban J connectivity index is 2.24. The topological polar surface area (TPSA) is 62.4 Å². The third-order valence-electron chi connectivity index (χ3n) is 3.51. The minimum atomic E-state index is 0.252. The maximum Gasteiger partial charge on any atom is 0.139 e. The molecule has 18 heavy (non-hydrogen) atoms. The number of aliphatic hydroxyl groups is 1. The highest BCUT2D eigenvalue weighted by Crippen LogP contribution is 2.28. The Bertz CT molecular complexity index is 450. The SMILES string of the molecule is Cc1ccnc(N2CCC(CCO)C2)c1C(N)=S. The number of hydrogen-bond donors (Lipinski definition) is 2.